The van der Waals surface area contributed by atoms with Crippen molar-refractivity contribution in [2.45, 2.75) is 239 Å². The Morgan fingerprint density at radius 3 is 1.35 bits per heavy atom. The first-order chi connectivity index (χ1) is 23.6. The standard InChI is InChI=1S/C44H82O4/c1-4-7-9-10-11-12-13-14-15-19-22-25-28-31-35-39-43(46)48-44(47)42(41(6-3)37-33-8-5-2)38-34-30-27-24-21-18-16-17-20-23-26-29-32-36-40-45/h14-15,40-42H,4-13,16-39H2,1-3H3. The van der Waals surface area contributed by atoms with Crippen LogP contribution in [0.15, 0.2) is 12.2 Å². The predicted octanol–water partition coefficient (Wildman–Crippen LogP) is 14.4. The van der Waals surface area contributed by atoms with E-state index in [0.717, 1.165) is 76.9 Å². The van der Waals surface area contributed by atoms with Crippen LogP contribution in [0.3, 0.4) is 0 Å². The summed E-state index contributed by atoms with van der Waals surface area (Å²) in [6.07, 6.45) is 45.5. The first-order valence-corrected chi connectivity index (χ1v) is 21.4. The minimum Gasteiger partial charge on any atom is -0.393 e. The molecule has 0 rings (SSSR count). The number of aldehydes is 1. The van der Waals surface area contributed by atoms with Crippen molar-refractivity contribution in [2.24, 2.45) is 11.8 Å². The lowest BCUT2D eigenvalue weighted by atomic mass is 9.82. The Bertz CT molecular complexity index is 729. The fraction of sp³-hybridized carbons (Fsp3) is 0.886. The monoisotopic (exact) mass is 675 g/mol. The summed E-state index contributed by atoms with van der Waals surface area (Å²) in [7, 11) is 0. The highest BCUT2D eigenvalue weighted by Gasteiger charge is 2.29. The summed E-state index contributed by atoms with van der Waals surface area (Å²) < 4.78 is 5.49. The number of rotatable bonds is 38. The van der Waals surface area contributed by atoms with Crippen LogP contribution in [-0.2, 0) is 19.1 Å². The lowest BCUT2D eigenvalue weighted by Gasteiger charge is -2.24. The molecule has 0 N–H and O–H groups in total. The SMILES string of the molecule is CCCCCCCCC=CCCCCCCCC(=O)OC(=O)C(CCCCCCCCCCCCCCCC=O)C(CC)CCCCC. The molecule has 0 aromatic rings. The average molecular weight is 675 g/mol. The van der Waals surface area contributed by atoms with Crippen molar-refractivity contribution >= 4 is 18.2 Å². The summed E-state index contributed by atoms with van der Waals surface area (Å²) in [5, 5.41) is 0. The van der Waals surface area contributed by atoms with Gasteiger partial charge in [0.1, 0.15) is 6.29 Å². The molecule has 0 aliphatic rings. The third-order valence-corrected chi connectivity index (χ3v) is 10.3. The van der Waals surface area contributed by atoms with Crippen LogP contribution in [0.25, 0.3) is 0 Å². The second-order valence-electron chi connectivity index (χ2n) is 14.7. The molecular formula is C44H82O4. The maximum Gasteiger partial charge on any atom is 0.316 e. The molecule has 0 spiro atoms. The average Bonchev–Trinajstić information content (AvgIpc) is 3.08. The molecule has 0 aromatic heterocycles. The molecule has 0 aliphatic heterocycles. The molecule has 2 atom stereocenters. The second kappa shape index (κ2) is 38.4. The van der Waals surface area contributed by atoms with Gasteiger partial charge in [-0.25, -0.2) is 0 Å². The minimum atomic E-state index is -0.316. The Hall–Kier alpha value is -1.45. The van der Waals surface area contributed by atoms with Gasteiger partial charge in [0.05, 0.1) is 5.92 Å². The topological polar surface area (TPSA) is 60.4 Å². The van der Waals surface area contributed by atoms with Crippen molar-refractivity contribution in [3.05, 3.63) is 12.2 Å². The van der Waals surface area contributed by atoms with E-state index < -0.39 is 0 Å². The molecule has 0 fully saturated rings. The van der Waals surface area contributed by atoms with Gasteiger partial charge in [-0.15, -0.1) is 0 Å². The Labute approximate surface area is 299 Å². The van der Waals surface area contributed by atoms with Crippen LogP contribution in [0.1, 0.15) is 239 Å². The summed E-state index contributed by atoms with van der Waals surface area (Å²) in [6.45, 7) is 6.68. The van der Waals surface area contributed by atoms with Gasteiger partial charge < -0.3 is 9.53 Å². The van der Waals surface area contributed by atoms with Crippen molar-refractivity contribution in [3.8, 4) is 0 Å². The van der Waals surface area contributed by atoms with E-state index >= 15 is 0 Å². The predicted molar refractivity (Wildman–Crippen MR) is 207 cm³/mol. The fourth-order valence-corrected chi connectivity index (χ4v) is 7.01. The van der Waals surface area contributed by atoms with Crippen LogP contribution in [-0.4, -0.2) is 18.2 Å². The highest BCUT2D eigenvalue weighted by Crippen LogP contribution is 2.29. The number of hydrogen-bond acceptors (Lipinski definition) is 4. The number of allylic oxidation sites excluding steroid dienone is 2. The minimum absolute atomic E-state index is 0.136. The van der Waals surface area contributed by atoms with E-state index in [9.17, 15) is 14.4 Å². The number of unbranched alkanes of at least 4 members (excludes halogenated alkanes) is 26. The normalized spacial score (nSPS) is 12.8. The Balaban J connectivity index is 4.16. The summed E-state index contributed by atoms with van der Waals surface area (Å²) in [4.78, 5) is 36.2. The number of carbonyl (C=O) groups excluding carboxylic acids is 3. The number of carbonyl (C=O) groups is 3. The maximum absolute atomic E-state index is 13.3. The maximum atomic E-state index is 13.3. The van der Waals surface area contributed by atoms with Gasteiger partial charge in [-0.2, -0.15) is 0 Å². The highest BCUT2D eigenvalue weighted by atomic mass is 16.6. The van der Waals surface area contributed by atoms with Crippen LogP contribution in [0, 0.1) is 11.8 Å². The van der Waals surface area contributed by atoms with Crippen molar-refractivity contribution < 1.29 is 19.1 Å². The van der Waals surface area contributed by atoms with Gasteiger partial charge in [-0.05, 0) is 57.3 Å². The molecule has 0 aliphatic carbocycles. The Morgan fingerprint density at radius 2 is 0.875 bits per heavy atom. The molecule has 0 radical (unpaired) electrons. The number of ether oxygens (including phenoxy) is 1. The molecule has 0 saturated heterocycles. The van der Waals surface area contributed by atoms with Gasteiger partial charge in [0, 0.05) is 12.8 Å². The van der Waals surface area contributed by atoms with Crippen LogP contribution in [0.5, 0.6) is 0 Å². The van der Waals surface area contributed by atoms with Crippen molar-refractivity contribution in [1.29, 1.82) is 0 Å². The van der Waals surface area contributed by atoms with E-state index in [-0.39, 0.29) is 17.9 Å². The van der Waals surface area contributed by atoms with E-state index in [1.54, 1.807) is 0 Å². The summed E-state index contributed by atoms with van der Waals surface area (Å²) in [5.74, 6) is -0.381. The van der Waals surface area contributed by atoms with Crippen LogP contribution >= 0.6 is 0 Å². The molecule has 0 aromatic carbocycles. The fourth-order valence-electron chi connectivity index (χ4n) is 7.01. The van der Waals surface area contributed by atoms with Crippen LogP contribution in [0.4, 0.5) is 0 Å². The van der Waals surface area contributed by atoms with Gasteiger partial charge in [-0.3, -0.25) is 9.59 Å². The Kier molecular flexibility index (Phi) is 37.2. The highest BCUT2D eigenvalue weighted by molar-refractivity contribution is 5.86. The number of hydrogen-bond donors (Lipinski definition) is 0. The van der Waals surface area contributed by atoms with Crippen molar-refractivity contribution in [3.63, 3.8) is 0 Å². The first kappa shape index (κ1) is 46.5. The van der Waals surface area contributed by atoms with E-state index in [1.165, 1.54) is 141 Å². The smallest absolute Gasteiger partial charge is 0.316 e. The zero-order valence-electron chi connectivity index (χ0n) is 32.6. The van der Waals surface area contributed by atoms with Gasteiger partial charge in [0.15, 0.2) is 0 Å². The van der Waals surface area contributed by atoms with Crippen LogP contribution < -0.4 is 0 Å². The Morgan fingerprint density at radius 1 is 0.479 bits per heavy atom. The van der Waals surface area contributed by atoms with Crippen LogP contribution in [0.2, 0.25) is 0 Å². The van der Waals surface area contributed by atoms with E-state index in [2.05, 4.69) is 32.9 Å². The van der Waals surface area contributed by atoms with E-state index in [1.807, 2.05) is 0 Å². The van der Waals surface area contributed by atoms with Gasteiger partial charge in [0.2, 0.25) is 0 Å². The molecule has 0 bridgehead atoms. The first-order valence-electron chi connectivity index (χ1n) is 21.4. The zero-order chi connectivity index (χ0) is 35.2. The largest absolute Gasteiger partial charge is 0.393 e. The molecule has 48 heavy (non-hydrogen) atoms. The quantitative estimate of drug-likeness (QED) is 0.0215. The molecule has 282 valence electrons. The third kappa shape index (κ3) is 31.8. The number of esters is 2. The van der Waals surface area contributed by atoms with Gasteiger partial charge in [0.25, 0.3) is 0 Å². The van der Waals surface area contributed by atoms with Gasteiger partial charge >= 0.3 is 11.9 Å². The molecular weight excluding hydrogens is 592 g/mol. The third-order valence-electron chi connectivity index (χ3n) is 10.3. The molecule has 0 amide bonds. The zero-order valence-corrected chi connectivity index (χ0v) is 32.6. The van der Waals surface area contributed by atoms with E-state index in [0.29, 0.717) is 12.3 Å². The second-order valence-corrected chi connectivity index (χ2v) is 14.7. The summed E-state index contributed by atoms with van der Waals surface area (Å²) in [5.41, 5.74) is 0. The lowest BCUT2D eigenvalue weighted by molar-refractivity contribution is -0.164. The summed E-state index contributed by atoms with van der Waals surface area (Å²) in [6, 6.07) is 0. The van der Waals surface area contributed by atoms with Crippen molar-refractivity contribution in [1.82, 2.24) is 0 Å². The molecule has 2 unspecified atom stereocenters. The van der Waals surface area contributed by atoms with Crippen molar-refractivity contribution in [2.75, 3.05) is 0 Å². The molecule has 0 heterocycles. The summed E-state index contributed by atoms with van der Waals surface area (Å²) >= 11 is 0. The molecule has 4 heteroatoms. The van der Waals surface area contributed by atoms with E-state index in [4.69, 9.17) is 4.74 Å². The van der Waals surface area contributed by atoms with Gasteiger partial charge in [-0.1, -0.05) is 187 Å². The lowest BCUT2D eigenvalue weighted by Crippen LogP contribution is -2.28. The molecule has 0 saturated carbocycles. The molecule has 4 nitrogen and oxygen atoms in total.